The molecule has 1 aromatic carbocycles. The first-order valence-corrected chi connectivity index (χ1v) is 8.88. The van der Waals surface area contributed by atoms with Gasteiger partial charge >= 0.3 is 5.97 Å². The predicted octanol–water partition coefficient (Wildman–Crippen LogP) is 2.47. The molecule has 3 heterocycles. The van der Waals surface area contributed by atoms with Gasteiger partial charge < -0.3 is 19.3 Å². The van der Waals surface area contributed by atoms with Crippen LogP contribution in [0.4, 0.5) is 0 Å². The largest absolute Gasteiger partial charge is 0.493 e. The van der Waals surface area contributed by atoms with Crippen LogP contribution >= 0.6 is 0 Å². The molecular formula is C19H25NO5. The minimum Gasteiger partial charge on any atom is -0.493 e. The molecule has 1 N–H and O–H groups in total. The molecule has 0 saturated carbocycles. The normalized spacial score (nSPS) is 32.9. The Morgan fingerprint density at radius 2 is 2.24 bits per heavy atom. The van der Waals surface area contributed by atoms with E-state index in [2.05, 4.69) is 19.9 Å². The number of rotatable bonds is 3. The zero-order valence-corrected chi connectivity index (χ0v) is 14.9. The Bertz CT molecular complexity index is 688. The minimum atomic E-state index is -0.781. The Labute approximate surface area is 147 Å². The summed E-state index contributed by atoms with van der Waals surface area (Å²) in [6, 6.07) is 6.07. The van der Waals surface area contributed by atoms with Crippen molar-refractivity contribution in [2.75, 3.05) is 20.2 Å². The lowest BCUT2D eigenvalue weighted by atomic mass is 9.74. The van der Waals surface area contributed by atoms with E-state index in [4.69, 9.17) is 19.3 Å². The van der Waals surface area contributed by atoms with E-state index in [1.54, 1.807) is 7.11 Å². The van der Waals surface area contributed by atoms with E-state index >= 15 is 0 Å². The van der Waals surface area contributed by atoms with Crippen molar-refractivity contribution in [3.8, 4) is 11.5 Å². The number of ether oxygens (including phenoxy) is 3. The third-order valence-corrected chi connectivity index (χ3v) is 5.91. The Morgan fingerprint density at radius 1 is 1.44 bits per heavy atom. The lowest BCUT2D eigenvalue weighted by molar-refractivity contribution is -0.164. The number of nitrogens with zero attached hydrogens (tertiary/aromatic N) is 1. The Morgan fingerprint density at radius 3 is 2.96 bits per heavy atom. The third-order valence-electron chi connectivity index (χ3n) is 5.91. The average molecular weight is 347 g/mol. The molecule has 3 aliphatic heterocycles. The molecule has 6 nitrogen and oxygen atoms in total. The number of carboxylic acid groups (broad SMARTS) is 1. The second-order valence-corrected chi connectivity index (χ2v) is 7.74. The van der Waals surface area contributed by atoms with Gasteiger partial charge in [-0.05, 0) is 32.8 Å². The summed E-state index contributed by atoms with van der Waals surface area (Å²) in [6.07, 6.45) is 1.79. The van der Waals surface area contributed by atoms with Gasteiger partial charge in [-0.25, -0.2) is 0 Å². The second-order valence-electron chi connectivity index (χ2n) is 7.74. The SMILES string of the molecule is COc1cccc2c1OC(C)(C)[C@@H]1C[C@H]3[C@@H](CCN3CC(=O)O)O[C@@H]21. The molecule has 0 bridgehead atoms. The van der Waals surface area contributed by atoms with E-state index in [0.717, 1.165) is 36.4 Å². The van der Waals surface area contributed by atoms with Gasteiger partial charge in [-0.2, -0.15) is 0 Å². The number of fused-ring (bicyclic) bond motifs is 4. The van der Waals surface area contributed by atoms with E-state index in [1.165, 1.54) is 0 Å². The number of para-hydroxylation sites is 1. The highest BCUT2D eigenvalue weighted by atomic mass is 16.5. The first kappa shape index (κ1) is 16.7. The third kappa shape index (κ3) is 2.68. The molecule has 1 aromatic rings. The number of carbonyl (C=O) groups is 1. The highest BCUT2D eigenvalue weighted by molar-refractivity contribution is 5.69. The van der Waals surface area contributed by atoms with Crippen molar-refractivity contribution in [3.63, 3.8) is 0 Å². The molecule has 6 heteroatoms. The predicted molar refractivity (Wildman–Crippen MR) is 91.0 cm³/mol. The molecule has 0 amide bonds. The summed E-state index contributed by atoms with van der Waals surface area (Å²) >= 11 is 0. The fraction of sp³-hybridized carbons (Fsp3) is 0.632. The van der Waals surface area contributed by atoms with E-state index in [1.807, 2.05) is 17.0 Å². The fourth-order valence-electron chi connectivity index (χ4n) is 4.69. The summed E-state index contributed by atoms with van der Waals surface area (Å²) in [5.41, 5.74) is 0.633. The van der Waals surface area contributed by atoms with Gasteiger partial charge in [-0.3, -0.25) is 9.69 Å². The topological polar surface area (TPSA) is 68.2 Å². The van der Waals surface area contributed by atoms with Gasteiger partial charge in [0.1, 0.15) is 5.60 Å². The van der Waals surface area contributed by atoms with Crippen LogP contribution in [0.15, 0.2) is 18.2 Å². The number of aliphatic carboxylic acids is 1. The lowest BCUT2D eigenvalue weighted by Crippen LogP contribution is -2.54. The molecule has 0 aromatic heterocycles. The van der Waals surface area contributed by atoms with Crippen LogP contribution in [0.2, 0.25) is 0 Å². The van der Waals surface area contributed by atoms with Gasteiger partial charge in [-0.15, -0.1) is 0 Å². The monoisotopic (exact) mass is 347 g/mol. The maximum atomic E-state index is 11.2. The van der Waals surface area contributed by atoms with Crippen molar-refractivity contribution in [1.29, 1.82) is 0 Å². The molecule has 136 valence electrons. The average Bonchev–Trinajstić information content (AvgIpc) is 2.94. The van der Waals surface area contributed by atoms with Crippen molar-refractivity contribution in [1.82, 2.24) is 4.90 Å². The van der Waals surface area contributed by atoms with Gasteiger partial charge in [0, 0.05) is 24.1 Å². The summed E-state index contributed by atoms with van der Waals surface area (Å²) in [4.78, 5) is 13.2. The highest BCUT2D eigenvalue weighted by Gasteiger charge is 2.53. The summed E-state index contributed by atoms with van der Waals surface area (Å²) in [5.74, 6) is 0.892. The van der Waals surface area contributed by atoms with Crippen LogP contribution in [-0.2, 0) is 9.53 Å². The summed E-state index contributed by atoms with van der Waals surface area (Å²) in [7, 11) is 1.65. The zero-order chi connectivity index (χ0) is 17.8. The van der Waals surface area contributed by atoms with Gasteiger partial charge in [-0.1, -0.05) is 12.1 Å². The zero-order valence-electron chi connectivity index (χ0n) is 14.9. The maximum Gasteiger partial charge on any atom is 0.317 e. The van der Waals surface area contributed by atoms with Gasteiger partial charge in [0.25, 0.3) is 0 Å². The van der Waals surface area contributed by atoms with Gasteiger partial charge in [0.05, 0.1) is 25.9 Å². The van der Waals surface area contributed by atoms with Crippen molar-refractivity contribution in [2.45, 2.75) is 50.5 Å². The van der Waals surface area contributed by atoms with E-state index in [9.17, 15) is 4.79 Å². The van der Waals surface area contributed by atoms with Gasteiger partial charge in [0.15, 0.2) is 11.5 Å². The molecule has 25 heavy (non-hydrogen) atoms. The maximum absolute atomic E-state index is 11.2. The van der Waals surface area contributed by atoms with Gasteiger partial charge in [0.2, 0.25) is 0 Å². The minimum absolute atomic E-state index is 0.0418. The number of hydrogen-bond donors (Lipinski definition) is 1. The number of likely N-dealkylation sites (tertiary alicyclic amines) is 1. The first-order chi connectivity index (χ1) is 11.9. The number of carboxylic acids is 1. The standard InChI is InChI=1S/C19H25NO5/c1-19(2)12-9-13-14(7-8-20(13)10-16(21)22)24-17(12)11-5-4-6-15(23-3)18(11)25-19/h4-6,12-14,17H,7-10H2,1-3H3,(H,21,22)/t12-,13+,14-,17+/m1/s1. The Kier molecular flexibility index (Phi) is 3.92. The van der Waals surface area contributed by atoms with Crippen molar-refractivity contribution in [2.24, 2.45) is 5.92 Å². The molecule has 2 saturated heterocycles. The van der Waals surface area contributed by atoms with E-state index in [-0.39, 0.29) is 30.7 Å². The van der Waals surface area contributed by atoms with Crippen LogP contribution in [0.5, 0.6) is 11.5 Å². The van der Waals surface area contributed by atoms with Crippen LogP contribution in [0, 0.1) is 5.92 Å². The summed E-state index contributed by atoms with van der Waals surface area (Å²) in [6.45, 7) is 5.02. The number of benzene rings is 1. The number of methoxy groups -OCH3 is 1. The molecule has 0 aliphatic carbocycles. The molecule has 4 atom stereocenters. The summed E-state index contributed by atoms with van der Waals surface area (Å²) in [5, 5.41) is 9.17. The molecule has 0 radical (unpaired) electrons. The smallest absolute Gasteiger partial charge is 0.317 e. The van der Waals surface area contributed by atoms with Crippen LogP contribution in [-0.4, -0.2) is 53.9 Å². The van der Waals surface area contributed by atoms with E-state index in [0.29, 0.717) is 0 Å². The number of hydrogen-bond acceptors (Lipinski definition) is 5. The molecular weight excluding hydrogens is 322 g/mol. The molecule has 2 fully saturated rings. The van der Waals surface area contributed by atoms with E-state index < -0.39 is 11.6 Å². The molecule has 0 unspecified atom stereocenters. The first-order valence-electron chi connectivity index (χ1n) is 8.88. The van der Waals surface area contributed by atoms with Crippen molar-refractivity contribution >= 4 is 5.97 Å². The van der Waals surface area contributed by atoms with Crippen molar-refractivity contribution in [3.05, 3.63) is 23.8 Å². The van der Waals surface area contributed by atoms with Crippen molar-refractivity contribution < 1.29 is 24.1 Å². The summed E-state index contributed by atoms with van der Waals surface area (Å²) < 4.78 is 18.3. The highest BCUT2D eigenvalue weighted by Crippen LogP contribution is 2.54. The van der Waals surface area contributed by atoms with Crippen LogP contribution < -0.4 is 9.47 Å². The van der Waals surface area contributed by atoms with Crippen LogP contribution in [0.3, 0.4) is 0 Å². The quantitative estimate of drug-likeness (QED) is 0.906. The molecule has 4 rings (SSSR count). The molecule has 3 aliphatic rings. The Balaban J connectivity index is 1.68. The fourth-order valence-corrected chi connectivity index (χ4v) is 4.69. The second kappa shape index (κ2) is 5.88. The van der Waals surface area contributed by atoms with Crippen LogP contribution in [0.1, 0.15) is 38.4 Å². The lowest BCUT2D eigenvalue weighted by Gasteiger charge is -2.50. The van der Waals surface area contributed by atoms with Crippen LogP contribution in [0.25, 0.3) is 0 Å². The molecule has 0 spiro atoms. The Hall–Kier alpha value is -1.79.